The summed E-state index contributed by atoms with van der Waals surface area (Å²) in [4.78, 5) is 33.4. The smallest absolute Gasteiger partial charge is 0.234 e. The van der Waals surface area contributed by atoms with Crippen LogP contribution in [0.3, 0.4) is 0 Å². The van der Waals surface area contributed by atoms with Crippen molar-refractivity contribution in [2.45, 2.75) is 12.6 Å². The third kappa shape index (κ3) is 4.25. The van der Waals surface area contributed by atoms with Crippen LogP contribution < -0.4 is 10.6 Å². The summed E-state index contributed by atoms with van der Waals surface area (Å²) in [5.74, 6) is 0.401. The Morgan fingerprint density at radius 3 is 2.86 bits per heavy atom. The van der Waals surface area contributed by atoms with Crippen LogP contribution in [0.2, 0.25) is 0 Å². The Bertz CT molecular complexity index is 1430. The van der Waals surface area contributed by atoms with Crippen molar-refractivity contribution < 1.29 is 14.3 Å². The van der Waals surface area contributed by atoms with Crippen molar-refractivity contribution in [1.29, 1.82) is 0 Å². The topological polar surface area (TPSA) is 122 Å². The Hall–Kier alpha value is -3.67. The van der Waals surface area contributed by atoms with Gasteiger partial charge in [0.2, 0.25) is 5.91 Å². The van der Waals surface area contributed by atoms with Gasteiger partial charge in [0, 0.05) is 62.4 Å². The number of hydrogen-bond donors (Lipinski definition) is 4. The number of hydrogen-bond acceptors (Lipinski definition) is 8. The molecule has 6 rings (SSSR count). The number of pyridine rings is 1. The van der Waals surface area contributed by atoms with Crippen LogP contribution in [0, 0.1) is 5.82 Å². The number of anilines is 1. The fourth-order valence-electron chi connectivity index (χ4n) is 4.99. The molecule has 1 aromatic carbocycles. The van der Waals surface area contributed by atoms with Crippen LogP contribution in [-0.2, 0) is 11.3 Å². The highest BCUT2D eigenvalue weighted by Gasteiger charge is 2.34. The largest absolute Gasteiger partial charge is 0.395 e. The standard InChI is InChI=1S/C25H27FN8O2/c26-18-2-4-19-17(5-6-27-19)22(18)24-31-20-3-1-15(30-23(20)25(32-24)29-8-10-35)11-33-12-16(13-33)34-9-7-28-21(36)14-34/h1-6,16,27,35H,7-14H2,(H,28,36)(H,29,31,32). The minimum Gasteiger partial charge on any atom is -0.395 e. The average molecular weight is 491 g/mol. The molecule has 0 saturated carbocycles. The third-order valence-corrected chi connectivity index (χ3v) is 6.82. The van der Waals surface area contributed by atoms with E-state index >= 15 is 0 Å². The molecule has 5 heterocycles. The van der Waals surface area contributed by atoms with E-state index in [0.29, 0.717) is 53.5 Å². The van der Waals surface area contributed by atoms with Gasteiger partial charge in [-0.05, 0) is 30.3 Å². The Balaban J connectivity index is 1.27. The molecule has 0 spiro atoms. The molecule has 186 valence electrons. The number of nitrogens with zero attached hydrogens (tertiary/aromatic N) is 5. The molecule has 0 bridgehead atoms. The predicted octanol–water partition coefficient (Wildman–Crippen LogP) is 1.33. The number of aliphatic hydroxyl groups excluding tert-OH is 1. The average Bonchev–Trinajstić information content (AvgIpc) is 3.33. The summed E-state index contributed by atoms with van der Waals surface area (Å²) in [7, 11) is 0. The van der Waals surface area contributed by atoms with E-state index in [1.165, 1.54) is 6.07 Å². The number of aromatic nitrogens is 4. The summed E-state index contributed by atoms with van der Waals surface area (Å²) in [5, 5.41) is 16.1. The highest BCUT2D eigenvalue weighted by atomic mass is 19.1. The lowest BCUT2D eigenvalue weighted by Gasteiger charge is -2.46. The zero-order valence-corrected chi connectivity index (χ0v) is 19.7. The number of nitrogens with one attached hydrogen (secondary N) is 3. The lowest BCUT2D eigenvalue weighted by Crippen LogP contribution is -2.63. The van der Waals surface area contributed by atoms with E-state index in [2.05, 4.69) is 35.4 Å². The van der Waals surface area contributed by atoms with Gasteiger partial charge in [-0.15, -0.1) is 0 Å². The van der Waals surface area contributed by atoms with Crippen molar-refractivity contribution in [3.63, 3.8) is 0 Å². The number of likely N-dealkylation sites (tertiary alicyclic amines) is 1. The number of piperazine rings is 1. The van der Waals surface area contributed by atoms with E-state index < -0.39 is 5.82 Å². The van der Waals surface area contributed by atoms with Crippen LogP contribution in [0.25, 0.3) is 33.3 Å². The van der Waals surface area contributed by atoms with Gasteiger partial charge in [0.15, 0.2) is 11.6 Å². The molecule has 0 unspecified atom stereocenters. The van der Waals surface area contributed by atoms with Crippen molar-refractivity contribution in [2.75, 3.05) is 51.2 Å². The maximum absolute atomic E-state index is 14.9. The molecule has 2 saturated heterocycles. The van der Waals surface area contributed by atoms with Gasteiger partial charge in [-0.1, -0.05) is 0 Å². The Kier molecular flexibility index (Phi) is 5.96. The SMILES string of the molecule is O=C1CN(C2CN(Cc3ccc4nc(-c5c(F)ccc6[nH]ccc56)nc(NCCO)c4n3)C2)CCN1. The minimum absolute atomic E-state index is 0.0774. The fraction of sp³-hybridized carbons (Fsp3) is 0.360. The Morgan fingerprint density at radius 1 is 1.14 bits per heavy atom. The van der Waals surface area contributed by atoms with Gasteiger partial charge in [-0.2, -0.15) is 0 Å². The molecule has 4 N–H and O–H groups in total. The summed E-state index contributed by atoms with van der Waals surface area (Å²) < 4.78 is 14.9. The Labute approximate surface area is 206 Å². The third-order valence-electron chi connectivity index (χ3n) is 6.82. The van der Waals surface area contributed by atoms with Crippen LogP contribution in [0.15, 0.2) is 36.5 Å². The monoisotopic (exact) mass is 490 g/mol. The Morgan fingerprint density at radius 2 is 2.03 bits per heavy atom. The number of carbonyl (C=O) groups excluding carboxylic acids is 1. The van der Waals surface area contributed by atoms with Gasteiger partial charge >= 0.3 is 0 Å². The molecule has 2 aliphatic heterocycles. The number of carbonyl (C=O) groups is 1. The first-order valence-electron chi connectivity index (χ1n) is 12.1. The summed E-state index contributed by atoms with van der Waals surface area (Å²) in [6, 6.07) is 9.10. The number of H-pyrrole nitrogens is 1. The quantitative estimate of drug-likeness (QED) is 0.306. The molecule has 3 aromatic heterocycles. The van der Waals surface area contributed by atoms with Gasteiger partial charge in [0.05, 0.1) is 29.9 Å². The van der Waals surface area contributed by atoms with E-state index in [4.69, 9.17) is 4.98 Å². The molecule has 11 heteroatoms. The van der Waals surface area contributed by atoms with Gasteiger partial charge in [-0.3, -0.25) is 14.6 Å². The van der Waals surface area contributed by atoms with Crippen LogP contribution in [0.1, 0.15) is 5.69 Å². The van der Waals surface area contributed by atoms with Crippen LogP contribution in [-0.4, -0.2) is 92.7 Å². The number of rotatable bonds is 7. The second-order valence-electron chi connectivity index (χ2n) is 9.25. The molecule has 0 radical (unpaired) electrons. The number of amides is 1. The van der Waals surface area contributed by atoms with Gasteiger partial charge in [0.25, 0.3) is 0 Å². The summed E-state index contributed by atoms with van der Waals surface area (Å²) in [6.45, 7) is 4.70. The number of benzene rings is 1. The maximum atomic E-state index is 14.9. The molecule has 0 aliphatic carbocycles. The second kappa shape index (κ2) is 9.41. The number of halogens is 1. The highest BCUT2D eigenvalue weighted by Crippen LogP contribution is 2.31. The molecular formula is C25H27FN8O2. The van der Waals surface area contributed by atoms with E-state index in [0.717, 1.165) is 30.8 Å². The molecule has 36 heavy (non-hydrogen) atoms. The highest BCUT2D eigenvalue weighted by molar-refractivity contribution is 5.96. The molecular weight excluding hydrogens is 463 g/mol. The normalized spacial score (nSPS) is 17.4. The second-order valence-corrected chi connectivity index (χ2v) is 9.25. The molecule has 1 amide bonds. The molecule has 2 fully saturated rings. The molecule has 0 atom stereocenters. The summed E-state index contributed by atoms with van der Waals surface area (Å²) >= 11 is 0. The number of aliphatic hydroxyl groups is 1. The van der Waals surface area contributed by atoms with Crippen LogP contribution >= 0.6 is 0 Å². The zero-order chi connectivity index (χ0) is 24.6. The van der Waals surface area contributed by atoms with Crippen molar-refractivity contribution >= 4 is 33.7 Å². The van der Waals surface area contributed by atoms with Crippen molar-refractivity contribution in [3.05, 3.63) is 48.0 Å². The van der Waals surface area contributed by atoms with E-state index in [9.17, 15) is 14.3 Å². The molecule has 4 aromatic rings. The van der Waals surface area contributed by atoms with Crippen molar-refractivity contribution in [2.24, 2.45) is 0 Å². The summed E-state index contributed by atoms with van der Waals surface area (Å²) in [6.07, 6.45) is 1.76. The lowest BCUT2D eigenvalue weighted by atomic mass is 10.1. The van der Waals surface area contributed by atoms with Crippen molar-refractivity contribution in [3.8, 4) is 11.4 Å². The first-order valence-corrected chi connectivity index (χ1v) is 12.1. The summed E-state index contributed by atoms with van der Waals surface area (Å²) in [5.41, 5.74) is 3.17. The van der Waals surface area contributed by atoms with Crippen LogP contribution in [0.4, 0.5) is 10.2 Å². The van der Waals surface area contributed by atoms with E-state index in [-0.39, 0.29) is 24.9 Å². The van der Waals surface area contributed by atoms with Gasteiger partial charge in [-0.25, -0.2) is 19.3 Å². The first kappa shape index (κ1) is 22.8. The first-order chi connectivity index (χ1) is 17.6. The maximum Gasteiger partial charge on any atom is 0.234 e. The predicted molar refractivity (Wildman–Crippen MR) is 134 cm³/mol. The van der Waals surface area contributed by atoms with Crippen LogP contribution in [0.5, 0.6) is 0 Å². The minimum atomic E-state index is -0.405. The lowest BCUT2D eigenvalue weighted by molar-refractivity contribution is -0.126. The van der Waals surface area contributed by atoms with Gasteiger partial charge < -0.3 is 20.7 Å². The fourth-order valence-corrected chi connectivity index (χ4v) is 4.99. The molecule has 10 nitrogen and oxygen atoms in total. The number of aromatic amines is 1. The number of fused-ring (bicyclic) bond motifs is 2. The molecule has 2 aliphatic rings. The van der Waals surface area contributed by atoms with E-state index in [1.807, 2.05) is 12.1 Å². The van der Waals surface area contributed by atoms with Crippen molar-refractivity contribution in [1.82, 2.24) is 35.1 Å². The van der Waals surface area contributed by atoms with Gasteiger partial charge in [0.1, 0.15) is 11.3 Å². The zero-order valence-electron chi connectivity index (χ0n) is 19.7. The van der Waals surface area contributed by atoms with E-state index in [1.54, 1.807) is 18.3 Å².